The number of Topliss-reactive ketones (excluding diaryl/α,β-unsaturated/α-hetero) is 1. The summed E-state index contributed by atoms with van der Waals surface area (Å²) in [4.78, 5) is 14.0. The lowest BCUT2D eigenvalue weighted by atomic mass is 10.0. The van der Waals surface area contributed by atoms with Crippen molar-refractivity contribution in [3.05, 3.63) is 102 Å². The number of ketones is 1. The molecule has 0 bridgehead atoms. The van der Waals surface area contributed by atoms with Gasteiger partial charge in [0.15, 0.2) is 5.78 Å². The zero-order valence-corrected chi connectivity index (χ0v) is 12.9. The molecule has 0 amide bonds. The van der Waals surface area contributed by atoms with Crippen LogP contribution < -0.4 is 0 Å². The molecule has 0 fully saturated rings. The summed E-state index contributed by atoms with van der Waals surface area (Å²) in [5, 5.41) is -0.231. The monoisotopic (exact) mass is 304 g/mol. The summed E-state index contributed by atoms with van der Waals surface area (Å²) in [5.74, 6) is 0.139. The predicted octanol–water partition coefficient (Wildman–Crippen LogP) is 5.40. The fraction of sp³-hybridized carbons (Fsp3) is 0.0500. The molecule has 0 N–H and O–H groups in total. The van der Waals surface area contributed by atoms with E-state index in [1.807, 2.05) is 91.0 Å². The minimum Gasteiger partial charge on any atom is -0.293 e. The van der Waals surface area contributed by atoms with Gasteiger partial charge in [-0.15, -0.1) is 11.8 Å². The van der Waals surface area contributed by atoms with Crippen molar-refractivity contribution in [1.29, 1.82) is 0 Å². The normalized spacial score (nSPS) is 11.8. The third-order valence-electron chi connectivity index (χ3n) is 3.40. The van der Waals surface area contributed by atoms with E-state index in [1.54, 1.807) is 11.8 Å². The van der Waals surface area contributed by atoms with Crippen LogP contribution in [0.2, 0.25) is 0 Å². The Balaban J connectivity index is 1.95. The Bertz CT molecular complexity index is 723. The molecule has 1 atom stereocenters. The fourth-order valence-electron chi connectivity index (χ4n) is 2.29. The molecule has 1 nitrogen and oxygen atoms in total. The van der Waals surface area contributed by atoms with Crippen LogP contribution in [0.25, 0.3) is 0 Å². The van der Waals surface area contributed by atoms with Gasteiger partial charge < -0.3 is 0 Å². The minimum absolute atomic E-state index is 0.139. The molecule has 3 aromatic rings. The molecule has 22 heavy (non-hydrogen) atoms. The van der Waals surface area contributed by atoms with Crippen LogP contribution in [0.3, 0.4) is 0 Å². The number of carbonyl (C=O) groups excluding carboxylic acids is 1. The predicted molar refractivity (Wildman–Crippen MR) is 92.3 cm³/mol. The summed E-state index contributed by atoms with van der Waals surface area (Å²) >= 11 is 1.60. The highest BCUT2D eigenvalue weighted by molar-refractivity contribution is 8.00. The molecule has 3 aromatic carbocycles. The molecular weight excluding hydrogens is 288 g/mol. The second-order valence-corrected chi connectivity index (χ2v) is 6.13. The van der Waals surface area contributed by atoms with Crippen LogP contribution in [-0.4, -0.2) is 5.78 Å². The van der Waals surface area contributed by atoms with Crippen LogP contribution in [0, 0.1) is 0 Å². The highest BCUT2D eigenvalue weighted by Crippen LogP contribution is 2.37. The first-order chi connectivity index (χ1) is 10.8. The number of hydrogen-bond acceptors (Lipinski definition) is 2. The van der Waals surface area contributed by atoms with Gasteiger partial charge >= 0.3 is 0 Å². The van der Waals surface area contributed by atoms with Gasteiger partial charge in [-0.25, -0.2) is 0 Å². The Morgan fingerprint density at radius 2 is 1.18 bits per heavy atom. The van der Waals surface area contributed by atoms with Crippen molar-refractivity contribution in [3.8, 4) is 0 Å². The summed E-state index contributed by atoms with van der Waals surface area (Å²) in [6.45, 7) is 0. The molecule has 0 saturated carbocycles. The highest BCUT2D eigenvalue weighted by atomic mass is 32.2. The maximum atomic E-state index is 12.9. The fourth-order valence-corrected chi connectivity index (χ4v) is 3.41. The van der Waals surface area contributed by atoms with E-state index in [-0.39, 0.29) is 11.0 Å². The van der Waals surface area contributed by atoms with Crippen LogP contribution in [0.15, 0.2) is 95.9 Å². The molecule has 0 spiro atoms. The van der Waals surface area contributed by atoms with Gasteiger partial charge in [0, 0.05) is 10.5 Å². The summed E-state index contributed by atoms with van der Waals surface area (Å²) in [7, 11) is 0. The second kappa shape index (κ2) is 7.10. The number of hydrogen-bond donors (Lipinski definition) is 0. The van der Waals surface area contributed by atoms with Gasteiger partial charge in [0.25, 0.3) is 0 Å². The molecule has 0 aliphatic rings. The van der Waals surface area contributed by atoms with E-state index in [2.05, 4.69) is 0 Å². The van der Waals surface area contributed by atoms with Crippen molar-refractivity contribution in [2.75, 3.05) is 0 Å². The second-order valence-electron chi connectivity index (χ2n) is 4.95. The van der Waals surface area contributed by atoms with Crippen molar-refractivity contribution in [3.63, 3.8) is 0 Å². The van der Waals surface area contributed by atoms with E-state index >= 15 is 0 Å². The van der Waals surface area contributed by atoms with Crippen molar-refractivity contribution >= 4 is 17.5 Å². The maximum absolute atomic E-state index is 12.9. The maximum Gasteiger partial charge on any atom is 0.180 e. The number of thioether (sulfide) groups is 1. The van der Waals surface area contributed by atoms with Gasteiger partial charge in [0.1, 0.15) is 0 Å². The Hall–Kier alpha value is -2.32. The van der Waals surface area contributed by atoms with Crippen LogP contribution >= 0.6 is 11.8 Å². The smallest absolute Gasteiger partial charge is 0.180 e. The Kier molecular flexibility index (Phi) is 4.71. The van der Waals surface area contributed by atoms with Crippen LogP contribution in [0.4, 0.5) is 0 Å². The summed E-state index contributed by atoms with van der Waals surface area (Å²) in [6.07, 6.45) is 0. The lowest BCUT2D eigenvalue weighted by Gasteiger charge is -2.16. The number of benzene rings is 3. The Labute approximate surface area is 135 Å². The van der Waals surface area contributed by atoms with E-state index in [4.69, 9.17) is 0 Å². The van der Waals surface area contributed by atoms with Gasteiger partial charge in [-0.2, -0.15) is 0 Å². The Morgan fingerprint density at radius 1 is 0.682 bits per heavy atom. The van der Waals surface area contributed by atoms with Gasteiger partial charge in [0.05, 0.1) is 5.25 Å². The Morgan fingerprint density at radius 3 is 1.77 bits per heavy atom. The first-order valence-electron chi connectivity index (χ1n) is 7.20. The van der Waals surface area contributed by atoms with E-state index in [9.17, 15) is 4.79 Å². The third-order valence-corrected chi connectivity index (χ3v) is 4.66. The van der Waals surface area contributed by atoms with E-state index < -0.39 is 0 Å². The molecule has 108 valence electrons. The zero-order valence-electron chi connectivity index (χ0n) is 12.1. The molecular formula is C20H16OS. The van der Waals surface area contributed by atoms with E-state index in [0.29, 0.717) is 0 Å². The first kappa shape index (κ1) is 14.6. The SMILES string of the molecule is O=C(c1ccccc1)C(Sc1ccccc1)c1ccccc1. The summed E-state index contributed by atoms with van der Waals surface area (Å²) < 4.78 is 0. The summed E-state index contributed by atoms with van der Waals surface area (Å²) in [6, 6.07) is 29.5. The topological polar surface area (TPSA) is 17.1 Å². The molecule has 0 heterocycles. The molecule has 0 aliphatic heterocycles. The molecule has 0 aromatic heterocycles. The average molecular weight is 304 g/mol. The van der Waals surface area contributed by atoms with Crippen molar-refractivity contribution in [1.82, 2.24) is 0 Å². The average Bonchev–Trinajstić information content (AvgIpc) is 2.61. The van der Waals surface area contributed by atoms with Crippen molar-refractivity contribution in [2.45, 2.75) is 10.1 Å². The third kappa shape index (κ3) is 3.46. The van der Waals surface area contributed by atoms with Crippen molar-refractivity contribution < 1.29 is 4.79 Å². The van der Waals surface area contributed by atoms with Gasteiger partial charge in [-0.05, 0) is 17.7 Å². The van der Waals surface area contributed by atoms with Crippen LogP contribution in [-0.2, 0) is 0 Å². The minimum atomic E-state index is -0.231. The zero-order chi connectivity index (χ0) is 15.2. The molecule has 0 saturated heterocycles. The summed E-state index contributed by atoms with van der Waals surface area (Å²) in [5.41, 5.74) is 1.78. The quantitative estimate of drug-likeness (QED) is 0.463. The van der Waals surface area contributed by atoms with Gasteiger partial charge in [-0.3, -0.25) is 4.79 Å². The number of carbonyl (C=O) groups is 1. The molecule has 0 radical (unpaired) electrons. The van der Waals surface area contributed by atoms with E-state index in [1.165, 1.54) is 0 Å². The van der Waals surface area contributed by atoms with E-state index in [0.717, 1.165) is 16.0 Å². The first-order valence-corrected chi connectivity index (χ1v) is 8.08. The van der Waals surface area contributed by atoms with Gasteiger partial charge in [0.2, 0.25) is 0 Å². The largest absolute Gasteiger partial charge is 0.293 e. The van der Waals surface area contributed by atoms with Gasteiger partial charge in [-0.1, -0.05) is 78.9 Å². The lowest BCUT2D eigenvalue weighted by Crippen LogP contribution is -2.09. The van der Waals surface area contributed by atoms with Crippen LogP contribution in [0.5, 0.6) is 0 Å². The van der Waals surface area contributed by atoms with Crippen molar-refractivity contribution in [2.24, 2.45) is 0 Å². The van der Waals surface area contributed by atoms with Crippen LogP contribution in [0.1, 0.15) is 21.2 Å². The molecule has 3 rings (SSSR count). The number of rotatable bonds is 5. The molecule has 0 aliphatic carbocycles. The molecule has 1 unspecified atom stereocenters. The molecule has 2 heteroatoms. The highest BCUT2D eigenvalue weighted by Gasteiger charge is 2.22. The standard InChI is InChI=1S/C20H16OS/c21-19(16-10-4-1-5-11-16)20(17-12-6-2-7-13-17)22-18-14-8-3-9-15-18/h1-15,20H. The lowest BCUT2D eigenvalue weighted by molar-refractivity contribution is 0.0989.